The summed E-state index contributed by atoms with van der Waals surface area (Å²) in [6.07, 6.45) is 0. The lowest BCUT2D eigenvalue weighted by molar-refractivity contribution is 0.350. The van der Waals surface area contributed by atoms with E-state index < -0.39 is 20.7 Å². The van der Waals surface area contributed by atoms with E-state index in [0.717, 1.165) is 12.1 Å². The molecule has 0 aliphatic carbocycles. The molecule has 0 bridgehead atoms. The summed E-state index contributed by atoms with van der Waals surface area (Å²) >= 11 is 0. The van der Waals surface area contributed by atoms with Crippen LogP contribution in [0, 0.1) is 24.6 Å². The Hall–Kier alpha value is -2.44. The lowest BCUT2D eigenvalue weighted by Gasteiger charge is -2.05. The van der Waals surface area contributed by atoms with E-state index in [2.05, 4.69) is 26.5 Å². The van der Waals surface area contributed by atoms with Crippen LogP contribution in [-0.4, -0.2) is 30.3 Å². The van der Waals surface area contributed by atoms with Crippen molar-refractivity contribution in [2.75, 3.05) is 11.3 Å². The molecule has 7 nitrogen and oxygen atoms in total. The molecule has 9 heteroatoms. The van der Waals surface area contributed by atoms with Crippen LogP contribution in [0.1, 0.15) is 11.4 Å². The van der Waals surface area contributed by atoms with Gasteiger partial charge in [0.05, 0.1) is 0 Å². The predicted octanol–water partition coefficient (Wildman–Crippen LogP) is 0.662. The number of aliphatic hydroxyl groups excluding tert-OH is 1. The summed E-state index contributed by atoms with van der Waals surface area (Å²) in [6.45, 7) is 1.14. The molecule has 0 amide bonds. The van der Waals surface area contributed by atoms with Crippen LogP contribution in [0.4, 0.5) is 10.4 Å². The van der Waals surface area contributed by atoms with Gasteiger partial charge in [-0.1, -0.05) is 17.0 Å². The molecule has 0 atom stereocenters. The van der Waals surface area contributed by atoms with Crippen LogP contribution in [0.2, 0.25) is 0 Å². The predicted molar refractivity (Wildman–Crippen MR) is 70.2 cm³/mol. The fourth-order valence-corrected chi connectivity index (χ4v) is 2.43. The maximum atomic E-state index is 13.9. The molecule has 2 N–H and O–H groups in total. The minimum Gasteiger partial charge on any atom is -0.384 e. The van der Waals surface area contributed by atoms with Gasteiger partial charge in [-0.05, 0) is 25.1 Å². The molecule has 110 valence electrons. The molecular formula is C12H10FN3O4S. The minimum atomic E-state index is -4.19. The first kappa shape index (κ1) is 15.0. The van der Waals surface area contributed by atoms with Crippen molar-refractivity contribution in [2.24, 2.45) is 0 Å². The quantitative estimate of drug-likeness (QED) is 0.807. The molecule has 0 spiro atoms. The second-order valence-electron chi connectivity index (χ2n) is 3.86. The van der Waals surface area contributed by atoms with E-state index in [4.69, 9.17) is 5.11 Å². The van der Waals surface area contributed by atoms with Crippen LogP contribution >= 0.6 is 0 Å². The van der Waals surface area contributed by atoms with Crippen molar-refractivity contribution in [3.05, 3.63) is 35.4 Å². The number of nitrogens with one attached hydrogen (secondary N) is 1. The highest BCUT2D eigenvalue weighted by Crippen LogP contribution is 2.18. The van der Waals surface area contributed by atoms with Gasteiger partial charge < -0.3 is 9.63 Å². The van der Waals surface area contributed by atoms with Crippen molar-refractivity contribution >= 4 is 16.0 Å². The number of hydrogen-bond donors (Lipinski definition) is 2. The number of anilines is 1. The molecule has 0 aliphatic rings. The van der Waals surface area contributed by atoms with Crippen molar-refractivity contribution in [1.29, 1.82) is 0 Å². The molecular weight excluding hydrogens is 301 g/mol. The zero-order chi connectivity index (χ0) is 15.5. The average molecular weight is 311 g/mol. The van der Waals surface area contributed by atoms with Gasteiger partial charge in [0.1, 0.15) is 17.3 Å². The maximum Gasteiger partial charge on any atom is 0.335 e. The van der Waals surface area contributed by atoms with Crippen LogP contribution in [-0.2, 0) is 10.0 Å². The maximum absolute atomic E-state index is 13.9. The van der Waals surface area contributed by atoms with Crippen molar-refractivity contribution in [3.8, 4) is 11.8 Å². The number of sulfonamides is 1. The fourth-order valence-electron chi connectivity index (χ4n) is 1.45. The average Bonchev–Trinajstić information content (AvgIpc) is 2.80. The van der Waals surface area contributed by atoms with Crippen LogP contribution in [0.5, 0.6) is 0 Å². The molecule has 1 heterocycles. The summed E-state index contributed by atoms with van der Waals surface area (Å²) in [4.78, 5) is 3.09. The van der Waals surface area contributed by atoms with Crippen molar-refractivity contribution in [2.45, 2.75) is 11.8 Å². The summed E-state index contributed by atoms with van der Waals surface area (Å²) in [6, 6.07) is 2.98. The zero-order valence-electron chi connectivity index (χ0n) is 10.8. The second-order valence-corrected chi connectivity index (χ2v) is 5.51. The van der Waals surface area contributed by atoms with Crippen molar-refractivity contribution < 1.29 is 22.4 Å². The Morgan fingerprint density at radius 2 is 2.24 bits per heavy atom. The smallest absolute Gasteiger partial charge is 0.335 e. The first-order valence-electron chi connectivity index (χ1n) is 5.65. The summed E-state index contributed by atoms with van der Waals surface area (Å²) < 4.78 is 44.5. The van der Waals surface area contributed by atoms with Crippen LogP contribution < -0.4 is 4.72 Å². The van der Waals surface area contributed by atoms with Crippen molar-refractivity contribution in [3.63, 3.8) is 0 Å². The third-order valence-electron chi connectivity index (χ3n) is 2.28. The van der Waals surface area contributed by atoms with E-state index in [0.29, 0.717) is 0 Å². The molecule has 0 aliphatic heterocycles. The summed E-state index contributed by atoms with van der Waals surface area (Å²) in [5.41, 5.74) is 0.245. The standard InChI is InChI=1S/C12H10FN3O4S/c1-8-14-12(20-15-8)16-21(18,19)11-5-4-9(3-2-6-17)7-10(11)13/h4-5,7,17H,6H2,1H3,(H,14,15,16). The summed E-state index contributed by atoms with van der Waals surface area (Å²) in [7, 11) is -4.19. The first-order chi connectivity index (χ1) is 9.92. The highest BCUT2D eigenvalue weighted by atomic mass is 32.2. The van der Waals surface area contributed by atoms with Crippen LogP contribution in [0.25, 0.3) is 0 Å². The third-order valence-corrected chi connectivity index (χ3v) is 3.64. The third kappa shape index (κ3) is 3.56. The van der Waals surface area contributed by atoms with Crippen LogP contribution in [0.15, 0.2) is 27.6 Å². The highest BCUT2D eigenvalue weighted by Gasteiger charge is 2.21. The van der Waals surface area contributed by atoms with E-state index in [1.54, 1.807) is 0 Å². The molecule has 1 aromatic carbocycles. The number of rotatable bonds is 3. The number of aromatic nitrogens is 2. The number of nitrogens with zero attached hydrogens (tertiary/aromatic N) is 2. The van der Waals surface area contributed by atoms with E-state index in [1.807, 2.05) is 4.72 Å². The molecule has 0 unspecified atom stereocenters. The van der Waals surface area contributed by atoms with Crippen LogP contribution in [0.3, 0.4) is 0 Å². The Morgan fingerprint density at radius 1 is 1.48 bits per heavy atom. The molecule has 0 radical (unpaired) electrons. The van der Waals surface area contributed by atoms with E-state index in [-0.39, 0.29) is 24.0 Å². The SMILES string of the molecule is Cc1noc(NS(=O)(=O)c2ccc(C#CCO)cc2F)n1. The van der Waals surface area contributed by atoms with E-state index in [1.165, 1.54) is 13.0 Å². The Kier molecular flexibility index (Phi) is 4.21. The fraction of sp³-hybridized carbons (Fsp3) is 0.167. The lowest BCUT2D eigenvalue weighted by Crippen LogP contribution is -2.15. The number of hydrogen-bond acceptors (Lipinski definition) is 6. The van der Waals surface area contributed by atoms with Gasteiger partial charge in [0.2, 0.25) is 0 Å². The highest BCUT2D eigenvalue weighted by molar-refractivity contribution is 7.92. The zero-order valence-corrected chi connectivity index (χ0v) is 11.6. The van der Waals surface area contributed by atoms with Gasteiger partial charge in [0.15, 0.2) is 5.82 Å². The van der Waals surface area contributed by atoms with Crippen molar-refractivity contribution in [1.82, 2.24) is 10.1 Å². The molecule has 0 saturated carbocycles. The molecule has 1 aromatic heterocycles. The summed E-state index contributed by atoms with van der Waals surface area (Å²) in [5.74, 6) is 4.06. The first-order valence-corrected chi connectivity index (χ1v) is 7.13. The second kappa shape index (κ2) is 5.90. The van der Waals surface area contributed by atoms with Gasteiger partial charge in [-0.2, -0.15) is 4.98 Å². The Morgan fingerprint density at radius 3 is 2.81 bits per heavy atom. The number of benzene rings is 1. The molecule has 21 heavy (non-hydrogen) atoms. The number of aliphatic hydroxyl groups is 1. The molecule has 2 rings (SSSR count). The Labute approximate surface area is 119 Å². The monoisotopic (exact) mass is 311 g/mol. The largest absolute Gasteiger partial charge is 0.384 e. The van der Waals surface area contributed by atoms with Gasteiger partial charge in [-0.15, -0.1) is 0 Å². The van der Waals surface area contributed by atoms with E-state index in [9.17, 15) is 12.8 Å². The van der Waals surface area contributed by atoms with E-state index >= 15 is 0 Å². The number of halogens is 1. The normalized spacial score (nSPS) is 10.8. The number of aryl methyl sites for hydroxylation is 1. The van der Waals surface area contributed by atoms with Gasteiger partial charge in [-0.3, -0.25) is 0 Å². The Bertz CT molecular complexity index is 821. The van der Waals surface area contributed by atoms with Gasteiger partial charge in [-0.25, -0.2) is 17.5 Å². The van der Waals surface area contributed by atoms with Gasteiger partial charge in [0.25, 0.3) is 10.0 Å². The molecule has 0 saturated heterocycles. The molecule has 2 aromatic rings. The van der Waals surface area contributed by atoms with Gasteiger partial charge in [0, 0.05) is 5.56 Å². The topological polar surface area (TPSA) is 105 Å². The van der Waals surface area contributed by atoms with Gasteiger partial charge >= 0.3 is 6.01 Å². The Balaban J connectivity index is 2.32. The minimum absolute atomic E-state index is 0.239. The summed E-state index contributed by atoms with van der Waals surface area (Å²) in [5, 5.41) is 12.0. The lowest BCUT2D eigenvalue weighted by atomic mass is 10.2. The molecule has 0 fully saturated rings.